The molecule has 0 bridgehead atoms. The Morgan fingerprint density at radius 2 is 1.92 bits per heavy atom. The third-order valence-corrected chi connectivity index (χ3v) is 7.78. The van der Waals surface area contributed by atoms with E-state index in [1.54, 1.807) is 4.90 Å². The van der Waals surface area contributed by atoms with Gasteiger partial charge >= 0.3 is 0 Å². The van der Waals surface area contributed by atoms with E-state index < -0.39 is 43.0 Å². The molecule has 0 saturated carbocycles. The molecule has 1 fully saturated rings. The number of ether oxygens (including phenoxy) is 2. The van der Waals surface area contributed by atoms with Gasteiger partial charge in [0.05, 0.1) is 17.7 Å². The zero-order valence-corrected chi connectivity index (χ0v) is 20.8. The normalized spacial score (nSPS) is 20.9. The summed E-state index contributed by atoms with van der Waals surface area (Å²) in [5.41, 5.74) is 1.45. The summed E-state index contributed by atoms with van der Waals surface area (Å²) in [4.78, 5) is 19.1. The number of halogens is 4. The molecule has 7 nitrogen and oxygen atoms in total. The van der Waals surface area contributed by atoms with Gasteiger partial charge in [0.25, 0.3) is 12.9 Å². The highest BCUT2D eigenvalue weighted by atomic mass is 32.1. The van der Waals surface area contributed by atoms with Crippen molar-refractivity contribution in [1.29, 1.82) is 0 Å². The number of hydrogen-bond donors (Lipinski definition) is 0. The predicted octanol–water partition coefficient (Wildman–Crippen LogP) is 5.93. The standard InChI is InChI=1S/C25H26F4N4O3S/c1-14-17-5-3-2-4-16(17)12-35-25(36-14)19-13-37-24(30-19)15-6-8-32(9-7-15)21(34)11-33-20(23(28)29)10-18(31-33)22(26)27/h2-5,10,13-15,22-23,25H,6-9,11-12H2,1H3. The number of aromatic nitrogens is 3. The maximum Gasteiger partial charge on any atom is 0.282 e. The average molecular weight is 539 g/mol. The van der Waals surface area contributed by atoms with E-state index in [1.807, 2.05) is 36.6 Å². The average Bonchev–Trinajstić information content (AvgIpc) is 3.51. The van der Waals surface area contributed by atoms with Gasteiger partial charge in [0.2, 0.25) is 12.2 Å². The van der Waals surface area contributed by atoms with Crippen LogP contribution in [-0.2, 0) is 27.4 Å². The number of nitrogens with zero attached hydrogens (tertiary/aromatic N) is 4. The van der Waals surface area contributed by atoms with Gasteiger partial charge in [0, 0.05) is 24.4 Å². The fraction of sp³-hybridized carbons (Fsp3) is 0.480. The highest BCUT2D eigenvalue weighted by molar-refractivity contribution is 7.09. The van der Waals surface area contributed by atoms with Gasteiger partial charge in [-0.15, -0.1) is 11.3 Å². The van der Waals surface area contributed by atoms with Crippen LogP contribution >= 0.6 is 11.3 Å². The number of benzene rings is 1. The molecule has 198 valence electrons. The van der Waals surface area contributed by atoms with Crippen LogP contribution < -0.4 is 0 Å². The molecule has 1 saturated heterocycles. The Morgan fingerprint density at radius 1 is 1.16 bits per heavy atom. The summed E-state index contributed by atoms with van der Waals surface area (Å²) in [7, 11) is 0. The number of likely N-dealkylation sites (tertiary alicyclic amines) is 1. The fourth-order valence-electron chi connectivity index (χ4n) is 4.74. The van der Waals surface area contributed by atoms with Gasteiger partial charge in [-0.2, -0.15) is 5.10 Å². The van der Waals surface area contributed by atoms with Crippen LogP contribution in [-0.4, -0.2) is 38.7 Å². The van der Waals surface area contributed by atoms with Crippen LogP contribution in [0.3, 0.4) is 0 Å². The second kappa shape index (κ2) is 10.9. The molecule has 37 heavy (non-hydrogen) atoms. The number of carbonyl (C=O) groups excluding carboxylic acids is 1. The van der Waals surface area contributed by atoms with Gasteiger partial charge in [-0.25, -0.2) is 22.5 Å². The van der Waals surface area contributed by atoms with E-state index in [-0.39, 0.29) is 12.0 Å². The molecule has 2 aliphatic rings. The Morgan fingerprint density at radius 3 is 2.65 bits per heavy atom. The summed E-state index contributed by atoms with van der Waals surface area (Å²) in [6, 6.07) is 8.66. The number of carbonyl (C=O) groups is 1. The van der Waals surface area contributed by atoms with E-state index in [1.165, 1.54) is 11.3 Å². The van der Waals surface area contributed by atoms with Crippen molar-refractivity contribution in [3.8, 4) is 0 Å². The second-order valence-corrected chi connectivity index (χ2v) is 10.0. The molecule has 0 spiro atoms. The maximum atomic E-state index is 13.2. The van der Waals surface area contributed by atoms with Gasteiger partial charge in [-0.05, 0) is 37.0 Å². The van der Waals surface area contributed by atoms with Crippen molar-refractivity contribution < 1.29 is 31.8 Å². The number of alkyl halides is 4. The second-order valence-electron chi connectivity index (χ2n) is 9.14. The summed E-state index contributed by atoms with van der Waals surface area (Å²) in [6.45, 7) is 2.74. The fourth-order valence-corrected chi connectivity index (χ4v) is 5.73. The van der Waals surface area contributed by atoms with Crippen LogP contribution in [0.5, 0.6) is 0 Å². The van der Waals surface area contributed by atoms with E-state index >= 15 is 0 Å². The number of piperidine rings is 1. The first-order valence-corrected chi connectivity index (χ1v) is 12.9. The van der Waals surface area contributed by atoms with Crippen molar-refractivity contribution in [2.75, 3.05) is 13.1 Å². The lowest BCUT2D eigenvalue weighted by Gasteiger charge is -2.31. The first kappa shape index (κ1) is 25.8. The van der Waals surface area contributed by atoms with E-state index in [9.17, 15) is 22.4 Å². The van der Waals surface area contributed by atoms with E-state index in [0.717, 1.165) is 16.1 Å². The highest BCUT2D eigenvalue weighted by Crippen LogP contribution is 2.37. The molecule has 12 heteroatoms. The SMILES string of the molecule is CC1OC(c2csc(C3CCN(C(=O)Cn4nc(C(F)F)cc4C(F)F)CC3)n2)OCc2ccccc21. The predicted molar refractivity (Wildman–Crippen MR) is 126 cm³/mol. The Hall–Kier alpha value is -2.83. The zero-order chi connectivity index (χ0) is 26.1. The Kier molecular flexibility index (Phi) is 7.59. The van der Waals surface area contributed by atoms with Crippen molar-refractivity contribution in [1.82, 2.24) is 19.7 Å². The molecule has 2 aliphatic heterocycles. The van der Waals surface area contributed by atoms with Crippen LogP contribution in [0, 0.1) is 0 Å². The van der Waals surface area contributed by atoms with Crippen LogP contribution in [0.25, 0.3) is 0 Å². The van der Waals surface area contributed by atoms with Crippen molar-refractivity contribution >= 4 is 17.2 Å². The first-order chi connectivity index (χ1) is 17.8. The third-order valence-electron chi connectivity index (χ3n) is 6.75. The molecule has 3 aromatic rings. The molecule has 0 aliphatic carbocycles. The molecular formula is C25H26F4N4O3S. The van der Waals surface area contributed by atoms with Crippen LogP contribution in [0.1, 0.15) is 84.1 Å². The lowest BCUT2D eigenvalue weighted by atomic mass is 9.97. The van der Waals surface area contributed by atoms with Gasteiger partial charge in [-0.3, -0.25) is 9.48 Å². The summed E-state index contributed by atoms with van der Waals surface area (Å²) in [6.07, 6.45) is -5.41. The third kappa shape index (κ3) is 5.55. The van der Waals surface area contributed by atoms with Crippen LogP contribution in [0.2, 0.25) is 0 Å². The molecule has 0 N–H and O–H groups in total. The zero-order valence-electron chi connectivity index (χ0n) is 20.0. The number of fused-ring (bicyclic) bond motifs is 1. The minimum absolute atomic E-state index is 0.134. The van der Waals surface area contributed by atoms with E-state index in [4.69, 9.17) is 14.5 Å². The van der Waals surface area contributed by atoms with Crippen LogP contribution in [0.15, 0.2) is 35.7 Å². The van der Waals surface area contributed by atoms with Crippen molar-refractivity contribution in [3.63, 3.8) is 0 Å². The summed E-state index contributed by atoms with van der Waals surface area (Å²) in [5.74, 6) is -0.298. The van der Waals surface area contributed by atoms with Gasteiger partial charge < -0.3 is 14.4 Å². The molecule has 0 radical (unpaired) electrons. The molecule has 4 heterocycles. The van der Waals surface area contributed by atoms with Crippen molar-refractivity contribution in [3.05, 3.63) is 68.9 Å². The lowest BCUT2D eigenvalue weighted by Crippen LogP contribution is -2.40. The molecule has 2 atom stereocenters. The van der Waals surface area contributed by atoms with Crippen molar-refractivity contribution in [2.24, 2.45) is 0 Å². The van der Waals surface area contributed by atoms with Crippen LogP contribution in [0.4, 0.5) is 17.6 Å². The number of hydrogen-bond acceptors (Lipinski definition) is 6. The van der Waals surface area contributed by atoms with Gasteiger partial charge in [0.15, 0.2) is 0 Å². The number of amides is 1. The molecular weight excluding hydrogens is 512 g/mol. The highest BCUT2D eigenvalue weighted by Gasteiger charge is 2.30. The minimum atomic E-state index is -3.00. The molecule has 1 amide bonds. The summed E-state index contributed by atoms with van der Waals surface area (Å²) < 4.78 is 65.1. The molecule has 1 aromatic carbocycles. The summed E-state index contributed by atoms with van der Waals surface area (Å²) >= 11 is 1.52. The minimum Gasteiger partial charge on any atom is -0.342 e. The quantitative estimate of drug-likeness (QED) is 0.364. The molecule has 2 aromatic heterocycles. The smallest absolute Gasteiger partial charge is 0.282 e. The Balaban J connectivity index is 1.18. The number of rotatable bonds is 6. The Labute approximate surface area is 215 Å². The monoisotopic (exact) mass is 538 g/mol. The topological polar surface area (TPSA) is 69.5 Å². The van der Waals surface area contributed by atoms with Crippen molar-refractivity contribution in [2.45, 2.75) is 64.1 Å². The van der Waals surface area contributed by atoms with Gasteiger partial charge in [-0.1, -0.05) is 24.3 Å². The maximum absolute atomic E-state index is 13.2. The first-order valence-electron chi connectivity index (χ1n) is 12.0. The lowest BCUT2D eigenvalue weighted by molar-refractivity contribution is -0.173. The number of thiazole rings is 1. The Bertz CT molecular complexity index is 1240. The van der Waals surface area contributed by atoms with E-state index in [2.05, 4.69) is 5.10 Å². The molecule has 5 rings (SSSR count). The van der Waals surface area contributed by atoms with Gasteiger partial charge in [0.1, 0.15) is 23.6 Å². The molecule has 2 unspecified atom stereocenters. The summed E-state index contributed by atoms with van der Waals surface area (Å²) in [5, 5.41) is 6.37. The van der Waals surface area contributed by atoms with E-state index in [0.29, 0.717) is 49.0 Å². The largest absolute Gasteiger partial charge is 0.342 e.